The monoisotopic (exact) mass is 353 g/mol. The highest BCUT2D eigenvalue weighted by atomic mass is 35.5. The smallest absolute Gasteiger partial charge is 0.410 e. The predicted molar refractivity (Wildman–Crippen MR) is 94.7 cm³/mol. The lowest BCUT2D eigenvalue weighted by molar-refractivity contribution is 0.0105. The summed E-state index contributed by atoms with van der Waals surface area (Å²) in [4.78, 5) is 27.1. The molecule has 1 aromatic rings. The molecular weight excluding hydrogens is 330 g/mol. The molecule has 24 heavy (non-hydrogen) atoms. The number of ether oxygens (including phenoxy) is 1. The molecule has 0 aromatic heterocycles. The number of anilines is 1. The zero-order chi connectivity index (χ0) is 18.1. The number of amides is 2. The maximum absolute atomic E-state index is 12.0. The second-order valence-corrected chi connectivity index (χ2v) is 7.53. The van der Waals surface area contributed by atoms with Crippen molar-refractivity contribution in [3.8, 4) is 0 Å². The Morgan fingerprint density at radius 2 is 1.92 bits per heavy atom. The van der Waals surface area contributed by atoms with Gasteiger partial charge < -0.3 is 19.9 Å². The van der Waals surface area contributed by atoms with Gasteiger partial charge in [0.25, 0.3) is 5.91 Å². The molecule has 6 nitrogen and oxygen atoms in total. The number of nitrogens with zero attached hydrogens (tertiary/aromatic N) is 2. The molecule has 1 aliphatic rings. The van der Waals surface area contributed by atoms with Gasteiger partial charge in [-0.1, -0.05) is 11.6 Å². The molecule has 0 bridgehead atoms. The van der Waals surface area contributed by atoms with Crippen LogP contribution in [-0.4, -0.2) is 60.6 Å². The number of carbonyl (C=O) groups excluding carboxylic acids is 2. The molecule has 0 radical (unpaired) electrons. The van der Waals surface area contributed by atoms with Crippen LogP contribution in [0.2, 0.25) is 5.02 Å². The standard InChI is InChI=1S/C17H24ClN3O3/c1-17(2,3)24-16(23)21-9-12(10-21)19-14-8-11(6-7-13(14)18)15(22)20(4)5/h6-8,12,19H,9-10H2,1-5H3. The number of hydrogen-bond donors (Lipinski definition) is 1. The van der Waals surface area contributed by atoms with E-state index in [1.54, 1.807) is 37.2 Å². The zero-order valence-corrected chi connectivity index (χ0v) is 15.5. The molecule has 1 fully saturated rings. The van der Waals surface area contributed by atoms with E-state index in [1.165, 1.54) is 4.90 Å². The van der Waals surface area contributed by atoms with Crippen molar-refractivity contribution in [1.82, 2.24) is 9.80 Å². The molecule has 0 atom stereocenters. The van der Waals surface area contributed by atoms with E-state index in [4.69, 9.17) is 16.3 Å². The van der Waals surface area contributed by atoms with Gasteiger partial charge in [-0.25, -0.2) is 4.79 Å². The average molecular weight is 354 g/mol. The lowest BCUT2D eigenvalue weighted by Crippen LogP contribution is -2.57. The molecule has 0 spiro atoms. The van der Waals surface area contributed by atoms with Gasteiger partial charge in [-0.05, 0) is 39.0 Å². The van der Waals surface area contributed by atoms with E-state index in [0.29, 0.717) is 29.4 Å². The molecular formula is C17H24ClN3O3. The molecule has 132 valence electrons. The van der Waals surface area contributed by atoms with E-state index in [2.05, 4.69) is 5.32 Å². The molecule has 0 aliphatic carbocycles. The van der Waals surface area contributed by atoms with Gasteiger partial charge in [0.15, 0.2) is 0 Å². The second kappa shape index (κ2) is 6.89. The molecule has 1 aliphatic heterocycles. The quantitative estimate of drug-likeness (QED) is 0.907. The first-order valence-electron chi connectivity index (χ1n) is 7.82. The summed E-state index contributed by atoms with van der Waals surface area (Å²) < 4.78 is 5.32. The Balaban J connectivity index is 1.95. The fourth-order valence-corrected chi connectivity index (χ4v) is 2.46. The largest absolute Gasteiger partial charge is 0.444 e. The minimum Gasteiger partial charge on any atom is -0.444 e. The lowest BCUT2D eigenvalue weighted by Gasteiger charge is -2.40. The summed E-state index contributed by atoms with van der Waals surface area (Å²) in [7, 11) is 3.41. The minimum atomic E-state index is -0.500. The fourth-order valence-electron chi connectivity index (χ4n) is 2.29. The lowest BCUT2D eigenvalue weighted by atomic mass is 10.1. The molecule has 1 saturated heterocycles. The van der Waals surface area contributed by atoms with E-state index in [0.717, 1.165) is 0 Å². The zero-order valence-electron chi connectivity index (χ0n) is 14.7. The van der Waals surface area contributed by atoms with Gasteiger partial charge in [-0.2, -0.15) is 0 Å². The second-order valence-electron chi connectivity index (χ2n) is 7.12. The Morgan fingerprint density at radius 3 is 2.46 bits per heavy atom. The molecule has 7 heteroatoms. The normalized spacial score (nSPS) is 14.8. The van der Waals surface area contributed by atoms with Crippen LogP contribution in [0.25, 0.3) is 0 Å². The first kappa shape index (κ1) is 18.4. The van der Waals surface area contributed by atoms with Gasteiger partial charge in [0.2, 0.25) is 0 Å². The van der Waals surface area contributed by atoms with Crippen molar-refractivity contribution >= 4 is 29.3 Å². The summed E-state index contributed by atoms with van der Waals surface area (Å²) in [5.74, 6) is -0.0845. The van der Waals surface area contributed by atoms with Crippen LogP contribution >= 0.6 is 11.6 Å². The summed E-state index contributed by atoms with van der Waals surface area (Å²) >= 11 is 6.20. The van der Waals surface area contributed by atoms with Crippen LogP contribution in [0.1, 0.15) is 31.1 Å². The van der Waals surface area contributed by atoms with Crippen LogP contribution in [0.5, 0.6) is 0 Å². The molecule has 0 saturated carbocycles. The van der Waals surface area contributed by atoms with E-state index in [9.17, 15) is 9.59 Å². The summed E-state index contributed by atoms with van der Waals surface area (Å²) in [6.45, 7) is 6.60. The number of rotatable bonds is 3. The SMILES string of the molecule is CN(C)C(=O)c1ccc(Cl)c(NC2CN(C(=O)OC(C)(C)C)C2)c1. The van der Waals surface area contributed by atoms with Gasteiger partial charge >= 0.3 is 6.09 Å². The molecule has 0 unspecified atom stereocenters. The Labute approximate surface area is 147 Å². The van der Waals surface area contributed by atoms with Gasteiger partial charge in [-0.3, -0.25) is 4.79 Å². The van der Waals surface area contributed by atoms with Crippen molar-refractivity contribution in [2.24, 2.45) is 0 Å². The molecule has 2 amide bonds. The van der Waals surface area contributed by atoms with Crippen LogP contribution in [-0.2, 0) is 4.74 Å². The number of halogens is 1. The van der Waals surface area contributed by atoms with Crippen LogP contribution in [0.4, 0.5) is 10.5 Å². The highest BCUT2D eigenvalue weighted by Crippen LogP contribution is 2.26. The topological polar surface area (TPSA) is 61.9 Å². The first-order chi connectivity index (χ1) is 11.1. The van der Waals surface area contributed by atoms with Crippen molar-refractivity contribution in [1.29, 1.82) is 0 Å². The first-order valence-corrected chi connectivity index (χ1v) is 8.20. The fraction of sp³-hybridized carbons (Fsp3) is 0.529. The molecule has 2 rings (SSSR count). The number of nitrogens with one attached hydrogen (secondary N) is 1. The van der Waals surface area contributed by atoms with Gasteiger partial charge in [0, 0.05) is 32.7 Å². The highest BCUT2D eigenvalue weighted by Gasteiger charge is 2.33. The third-order valence-electron chi connectivity index (χ3n) is 3.51. The van der Waals surface area contributed by atoms with Gasteiger partial charge in [0.1, 0.15) is 5.60 Å². The highest BCUT2D eigenvalue weighted by molar-refractivity contribution is 6.33. The Bertz CT molecular complexity index is 634. The summed E-state index contributed by atoms with van der Waals surface area (Å²) in [5.41, 5.74) is 0.758. The predicted octanol–water partition coefficient (Wildman–Crippen LogP) is 3.07. The van der Waals surface area contributed by atoms with Crippen LogP contribution in [0, 0.1) is 0 Å². The number of carbonyl (C=O) groups is 2. The van der Waals surface area contributed by atoms with Gasteiger partial charge in [-0.15, -0.1) is 0 Å². The maximum Gasteiger partial charge on any atom is 0.410 e. The Kier molecular flexibility index (Phi) is 5.28. The van der Waals surface area contributed by atoms with Crippen LogP contribution in [0.3, 0.4) is 0 Å². The third kappa shape index (κ3) is 4.54. The van der Waals surface area contributed by atoms with E-state index in [1.807, 2.05) is 20.8 Å². The number of benzene rings is 1. The van der Waals surface area contributed by atoms with E-state index >= 15 is 0 Å². The van der Waals surface area contributed by atoms with Crippen molar-refractivity contribution in [2.75, 3.05) is 32.5 Å². The van der Waals surface area contributed by atoms with E-state index < -0.39 is 5.60 Å². The summed E-state index contributed by atoms with van der Waals surface area (Å²) in [6, 6.07) is 5.22. The Hall–Kier alpha value is -1.95. The molecule has 1 aromatic carbocycles. The van der Waals surface area contributed by atoms with E-state index in [-0.39, 0.29) is 18.0 Å². The number of likely N-dealkylation sites (tertiary alicyclic amines) is 1. The molecule has 1 heterocycles. The summed E-state index contributed by atoms with van der Waals surface area (Å²) in [6.07, 6.45) is -0.316. The number of hydrogen-bond acceptors (Lipinski definition) is 4. The van der Waals surface area contributed by atoms with Gasteiger partial charge in [0.05, 0.1) is 16.8 Å². The third-order valence-corrected chi connectivity index (χ3v) is 3.84. The van der Waals surface area contributed by atoms with Crippen molar-refractivity contribution in [3.05, 3.63) is 28.8 Å². The van der Waals surface area contributed by atoms with Crippen molar-refractivity contribution < 1.29 is 14.3 Å². The molecule has 1 N–H and O–H groups in total. The maximum atomic E-state index is 12.0. The Morgan fingerprint density at radius 1 is 1.29 bits per heavy atom. The van der Waals surface area contributed by atoms with Crippen molar-refractivity contribution in [2.45, 2.75) is 32.4 Å². The van der Waals surface area contributed by atoms with Crippen LogP contribution < -0.4 is 5.32 Å². The average Bonchev–Trinajstić information content (AvgIpc) is 2.41. The van der Waals surface area contributed by atoms with Crippen molar-refractivity contribution in [3.63, 3.8) is 0 Å². The van der Waals surface area contributed by atoms with Crippen LogP contribution in [0.15, 0.2) is 18.2 Å². The minimum absolute atomic E-state index is 0.0831. The summed E-state index contributed by atoms with van der Waals surface area (Å²) in [5, 5.41) is 3.82.